The average Bonchev–Trinajstić information content (AvgIpc) is 2.48. The fraction of sp³-hybridized carbons (Fsp3) is 0.263. The zero-order chi connectivity index (χ0) is 13.7. The van der Waals surface area contributed by atoms with Crippen LogP contribution in [-0.4, -0.2) is 0 Å². The van der Waals surface area contributed by atoms with Gasteiger partial charge in [-0.15, -0.1) is 13.2 Å². The summed E-state index contributed by atoms with van der Waals surface area (Å²) in [7, 11) is 0. The van der Waals surface area contributed by atoms with Crippen molar-refractivity contribution in [3.8, 4) is 0 Å². The van der Waals surface area contributed by atoms with E-state index in [9.17, 15) is 0 Å². The minimum absolute atomic E-state index is 0.0150. The minimum atomic E-state index is -0.0150. The number of benzene rings is 1. The first kappa shape index (κ1) is 13.6. The topological polar surface area (TPSA) is 0 Å². The second-order valence-corrected chi connectivity index (χ2v) is 5.39. The monoisotopic (exact) mass is 250 g/mol. The van der Waals surface area contributed by atoms with Crippen LogP contribution >= 0.6 is 0 Å². The second-order valence-electron chi connectivity index (χ2n) is 5.39. The van der Waals surface area contributed by atoms with Gasteiger partial charge < -0.3 is 0 Å². The molecule has 98 valence electrons. The Bertz CT molecular complexity index is 476. The van der Waals surface area contributed by atoms with Crippen molar-refractivity contribution >= 4 is 0 Å². The Kier molecular flexibility index (Phi) is 4.21. The van der Waals surface area contributed by atoms with E-state index < -0.39 is 0 Å². The third kappa shape index (κ3) is 3.14. The Hall–Kier alpha value is -1.82. The van der Waals surface area contributed by atoms with Crippen molar-refractivity contribution in [2.24, 2.45) is 11.3 Å². The van der Waals surface area contributed by atoms with Gasteiger partial charge in [0.25, 0.3) is 0 Å². The molecule has 0 heterocycles. The summed E-state index contributed by atoms with van der Waals surface area (Å²) >= 11 is 0. The number of hydrogen-bond donors (Lipinski definition) is 0. The molecule has 0 amide bonds. The lowest BCUT2D eigenvalue weighted by molar-refractivity contribution is 0.478. The quantitative estimate of drug-likeness (QED) is 0.624. The van der Waals surface area contributed by atoms with Gasteiger partial charge in [-0.2, -0.15) is 0 Å². The molecule has 1 aromatic rings. The van der Waals surface area contributed by atoms with E-state index in [-0.39, 0.29) is 5.41 Å². The molecule has 0 heteroatoms. The lowest BCUT2D eigenvalue weighted by Gasteiger charge is -2.29. The van der Waals surface area contributed by atoms with Gasteiger partial charge in [0, 0.05) is 11.3 Å². The minimum Gasteiger partial charge on any atom is -0.103 e. The first-order valence-corrected chi connectivity index (χ1v) is 6.89. The van der Waals surface area contributed by atoms with Crippen LogP contribution in [0.2, 0.25) is 0 Å². The van der Waals surface area contributed by atoms with E-state index in [1.165, 1.54) is 5.56 Å². The maximum atomic E-state index is 4.00. The molecule has 0 bridgehead atoms. The Labute approximate surface area is 116 Å². The Morgan fingerprint density at radius 1 is 1.16 bits per heavy atom. The van der Waals surface area contributed by atoms with Gasteiger partial charge in [-0.25, -0.2) is 0 Å². The molecule has 0 N–H and O–H groups in total. The maximum absolute atomic E-state index is 4.00. The van der Waals surface area contributed by atoms with Crippen molar-refractivity contribution in [1.82, 2.24) is 0 Å². The summed E-state index contributed by atoms with van der Waals surface area (Å²) in [5, 5.41) is 0. The maximum Gasteiger partial charge on any atom is 0.0245 e. The molecule has 1 aliphatic rings. The van der Waals surface area contributed by atoms with Gasteiger partial charge in [0.15, 0.2) is 0 Å². The van der Waals surface area contributed by atoms with Gasteiger partial charge in [0.2, 0.25) is 0 Å². The van der Waals surface area contributed by atoms with E-state index in [0.29, 0.717) is 11.8 Å². The van der Waals surface area contributed by atoms with E-state index >= 15 is 0 Å². The normalized spacial score (nSPS) is 26.9. The summed E-state index contributed by atoms with van der Waals surface area (Å²) < 4.78 is 0. The first-order chi connectivity index (χ1) is 9.19. The molecule has 0 fully saturated rings. The third-order valence-electron chi connectivity index (χ3n) is 3.87. The molecule has 1 aliphatic carbocycles. The molecule has 0 saturated carbocycles. The summed E-state index contributed by atoms with van der Waals surface area (Å²) in [6.07, 6.45) is 14.2. The first-order valence-electron chi connectivity index (χ1n) is 6.89. The lowest BCUT2D eigenvalue weighted by Crippen LogP contribution is -2.18. The highest BCUT2D eigenvalue weighted by Crippen LogP contribution is 2.37. The van der Waals surface area contributed by atoms with E-state index in [4.69, 9.17) is 0 Å². The summed E-state index contributed by atoms with van der Waals surface area (Å²) in [5.41, 5.74) is 1.32. The van der Waals surface area contributed by atoms with Crippen LogP contribution in [-0.2, 0) is 0 Å². The van der Waals surface area contributed by atoms with Crippen molar-refractivity contribution in [3.63, 3.8) is 0 Å². The van der Waals surface area contributed by atoms with Gasteiger partial charge in [-0.1, -0.05) is 73.7 Å². The molecule has 1 unspecified atom stereocenters. The van der Waals surface area contributed by atoms with Crippen molar-refractivity contribution in [1.29, 1.82) is 0 Å². The Morgan fingerprint density at radius 2 is 1.79 bits per heavy atom. The summed E-state index contributed by atoms with van der Waals surface area (Å²) in [6, 6.07) is 10.6. The van der Waals surface area contributed by atoms with Crippen molar-refractivity contribution < 1.29 is 0 Å². The van der Waals surface area contributed by atoms with E-state index in [1.54, 1.807) is 0 Å². The van der Waals surface area contributed by atoms with Crippen LogP contribution in [0.1, 0.15) is 24.8 Å². The highest BCUT2D eigenvalue weighted by atomic mass is 14.3. The molecule has 0 radical (unpaired) electrons. The molecule has 1 aromatic carbocycles. The van der Waals surface area contributed by atoms with Crippen LogP contribution in [0.4, 0.5) is 0 Å². The van der Waals surface area contributed by atoms with Crippen LogP contribution in [0.3, 0.4) is 0 Å². The van der Waals surface area contributed by atoms with Gasteiger partial charge >= 0.3 is 0 Å². The van der Waals surface area contributed by atoms with E-state index in [1.807, 2.05) is 12.2 Å². The molecule has 0 spiro atoms. The van der Waals surface area contributed by atoms with Gasteiger partial charge in [-0.3, -0.25) is 0 Å². The molecule has 0 aromatic heterocycles. The zero-order valence-corrected chi connectivity index (χ0v) is 11.6. The van der Waals surface area contributed by atoms with Crippen LogP contribution < -0.4 is 0 Å². The standard InChI is InChI=1S/C19H22/c1-4-16(3)15-19(5-2)13-11-18(12-14-19)17-9-7-6-8-10-17/h4-14,16,18H,1-2,15H2,3H3. The fourth-order valence-electron chi connectivity index (χ4n) is 2.58. The molecule has 1 atom stereocenters. The highest BCUT2D eigenvalue weighted by Gasteiger charge is 2.25. The molecular formula is C19H22. The molecule has 0 aliphatic heterocycles. The van der Waals surface area contributed by atoms with Gasteiger partial charge in [0.1, 0.15) is 0 Å². The molecule has 0 saturated heterocycles. The largest absolute Gasteiger partial charge is 0.103 e. The van der Waals surface area contributed by atoms with Gasteiger partial charge in [0.05, 0.1) is 0 Å². The van der Waals surface area contributed by atoms with Gasteiger partial charge in [-0.05, 0) is 17.9 Å². The Morgan fingerprint density at radius 3 is 2.32 bits per heavy atom. The van der Waals surface area contributed by atoms with Crippen molar-refractivity contribution in [3.05, 3.63) is 85.5 Å². The molecule has 0 nitrogen and oxygen atoms in total. The highest BCUT2D eigenvalue weighted by molar-refractivity contribution is 5.36. The Balaban J connectivity index is 2.16. The number of rotatable bonds is 5. The summed E-state index contributed by atoms with van der Waals surface area (Å²) in [5.74, 6) is 0.869. The number of allylic oxidation sites excluding steroid dienone is 6. The smallest absolute Gasteiger partial charge is 0.0245 e. The van der Waals surface area contributed by atoms with Crippen LogP contribution in [0.25, 0.3) is 0 Å². The molecule has 19 heavy (non-hydrogen) atoms. The second kappa shape index (κ2) is 5.88. The van der Waals surface area contributed by atoms with Crippen molar-refractivity contribution in [2.75, 3.05) is 0 Å². The predicted octanol–water partition coefficient (Wildman–Crippen LogP) is 5.28. The SMILES string of the molecule is C=CC(C)CC1(C=C)C=CC(c2ccccc2)C=C1. The summed E-state index contributed by atoms with van der Waals surface area (Å²) in [4.78, 5) is 0. The van der Waals surface area contributed by atoms with Crippen molar-refractivity contribution in [2.45, 2.75) is 19.3 Å². The average molecular weight is 250 g/mol. The third-order valence-corrected chi connectivity index (χ3v) is 3.87. The number of hydrogen-bond acceptors (Lipinski definition) is 0. The van der Waals surface area contributed by atoms with E-state index in [2.05, 4.69) is 74.7 Å². The summed E-state index contributed by atoms with van der Waals surface area (Å²) in [6.45, 7) is 10.1. The zero-order valence-electron chi connectivity index (χ0n) is 11.6. The lowest BCUT2D eigenvalue weighted by atomic mass is 9.75. The van der Waals surface area contributed by atoms with E-state index in [0.717, 1.165) is 6.42 Å². The van der Waals surface area contributed by atoms with Crippen LogP contribution in [0.5, 0.6) is 0 Å². The van der Waals surface area contributed by atoms with Crippen LogP contribution in [0, 0.1) is 11.3 Å². The fourth-order valence-corrected chi connectivity index (χ4v) is 2.58. The molecular weight excluding hydrogens is 228 g/mol. The predicted molar refractivity (Wildman–Crippen MR) is 84.1 cm³/mol. The molecule has 2 rings (SSSR count). The van der Waals surface area contributed by atoms with Crippen LogP contribution in [0.15, 0.2) is 79.9 Å².